The highest BCUT2D eigenvalue weighted by atomic mass is 19.4. The summed E-state index contributed by atoms with van der Waals surface area (Å²) >= 11 is 0. The van der Waals surface area contributed by atoms with Crippen LogP contribution in [-0.2, 0) is 11.0 Å². The highest BCUT2D eigenvalue weighted by Gasteiger charge is 2.30. The number of benzene rings is 2. The summed E-state index contributed by atoms with van der Waals surface area (Å²) in [6.45, 7) is 4.79. The van der Waals surface area contributed by atoms with E-state index in [1.54, 1.807) is 4.90 Å². The Balaban J connectivity index is 1.64. The number of likely N-dealkylation sites (tertiary alicyclic amines) is 1. The van der Waals surface area contributed by atoms with E-state index in [0.717, 1.165) is 35.7 Å². The number of hydrogen-bond donors (Lipinski definition) is 1. The molecular formula is C23H21F3N4O. The molecule has 1 N–H and O–H groups in total. The molecule has 3 aromatic rings. The number of aromatic nitrogens is 2. The Morgan fingerprint density at radius 1 is 1.10 bits per heavy atom. The molecule has 1 fully saturated rings. The highest BCUT2D eigenvalue weighted by molar-refractivity contribution is 6.00. The minimum absolute atomic E-state index is 0.0206. The van der Waals surface area contributed by atoms with E-state index in [1.165, 1.54) is 18.2 Å². The number of anilines is 1. The fourth-order valence-corrected chi connectivity index (χ4v) is 3.86. The SMILES string of the molecule is C=CC(=O)N1CCC[C@H](Nc2nnc(-c3ccc(C(F)(F)F)cc3)c3ccccc23)C1. The van der Waals surface area contributed by atoms with Gasteiger partial charge in [-0.3, -0.25) is 4.79 Å². The average Bonchev–Trinajstić information content (AvgIpc) is 2.78. The fraction of sp³-hybridized carbons (Fsp3) is 0.261. The zero-order valence-corrected chi connectivity index (χ0v) is 16.7. The maximum atomic E-state index is 12.9. The average molecular weight is 426 g/mol. The largest absolute Gasteiger partial charge is 0.416 e. The number of halogens is 3. The van der Waals surface area contributed by atoms with Crippen molar-refractivity contribution >= 4 is 22.5 Å². The second-order valence-corrected chi connectivity index (χ2v) is 7.49. The Hall–Kier alpha value is -3.42. The number of nitrogens with zero attached hydrogens (tertiary/aromatic N) is 3. The number of nitrogens with one attached hydrogen (secondary N) is 1. The van der Waals surface area contributed by atoms with E-state index in [0.29, 0.717) is 30.2 Å². The molecule has 5 nitrogen and oxygen atoms in total. The zero-order valence-electron chi connectivity index (χ0n) is 16.7. The lowest BCUT2D eigenvalue weighted by molar-refractivity contribution is -0.137. The summed E-state index contributed by atoms with van der Waals surface area (Å²) in [5.74, 6) is 0.490. The Morgan fingerprint density at radius 3 is 2.48 bits per heavy atom. The Bertz CT molecular complexity index is 1110. The van der Waals surface area contributed by atoms with Gasteiger partial charge in [-0.05, 0) is 31.1 Å². The topological polar surface area (TPSA) is 58.1 Å². The number of carbonyl (C=O) groups excluding carboxylic acids is 1. The number of piperidine rings is 1. The van der Waals surface area contributed by atoms with Crippen LogP contribution < -0.4 is 5.32 Å². The van der Waals surface area contributed by atoms with Crippen molar-refractivity contribution in [3.8, 4) is 11.3 Å². The molecule has 4 rings (SSSR count). The summed E-state index contributed by atoms with van der Waals surface area (Å²) < 4.78 is 38.7. The number of amides is 1. The van der Waals surface area contributed by atoms with Gasteiger partial charge in [0, 0.05) is 35.5 Å². The summed E-state index contributed by atoms with van der Waals surface area (Å²) in [5.41, 5.74) is 0.369. The summed E-state index contributed by atoms with van der Waals surface area (Å²) in [4.78, 5) is 13.7. The van der Waals surface area contributed by atoms with E-state index in [-0.39, 0.29) is 11.9 Å². The summed E-state index contributed by atoms with van der Waals surface area (Å²) in [5, 5.41) is 13.6. The van der Waals surface area contributed by atoms with Crippen LogP contribution in [0.25, 0.3) is 22.0 Å². The molecule has 0 aliphatic carbocycles. The maximum absolute atomic E-state index is 12.9. The molecule has 0 spiro atoms. The van der Waals surface area contributed by atoms with Crippen LogP contribution >= 0.6 is 0 Å². The number of carbonyl (C=O) groups is 1. The van der Waals surface area contributed by atoms with Crippen LogP contribution in [0.5, 0.6) is 0 Å². The lowest BCUT2D eigenvalue weighted by atomic mass is 10.0. The normalized spacial score (nSPS) is 16.9. The molecule has 1 aromatic heterocycles. The summed E-state index contributed by atoms with van der Waals surface area (Å²) in [7, 11) is 0. The molecule has 1 aliphatic rings. The van der Waals surface area contributed by atoms with Crippen LogP contribution in [0.3, 0.4) is 0 Å². The van der Waals surface area contributed by atoms with E-state index >= 15 is 0 Å². The molecule has 0 radical (unpaired) electrons. The first kappa shape index (κ1) is 20.8. The van der Waals surface area contributed by atoms with Crippen LogP contribution in [0.2, 0.25) is 0 Å². The molecule has 0 unspecified atom stereocenters. The number of fused-ring (bicyclic) bond motifs is 1. The Labute approximate surface area is 177 Å². The molecule has 1 amide bonds. The van der Waals surface area contributed by atoms with Crippen molar-refractivity contribution in [2.45, 2.75) is 25.1 Å². The lowest BCUT2D eigenvalue weighted by Gasteiger charge is -2.33. The molecule has 1 saturated heterocycles. The Kier molecular flexibility index (Phi) is 5.63. The third kappa shape index (κ3) is 4.38. The van der Waals surface area contributed by atoms with Crippen LogP contribution in [0, 0.1) is 0 Å². The number of hydrogen-bond acceptors (Lipinski definition) is 4. The molecule has 0 bridgehead atoms. The second-order valence-electron chi connectivity index (χ2n) is 7.49. The third-order valence-corrected chi connectivity index (χ3v) is 5.42. The van der Waals surface area contributed by atoms with Crippen molar-refractivity contribution in [2.24, 2.45) is 0 Å². The predicted molar refractivity (Wildman–Crippen MR) is 113 cm³/mol. The summed E-state index contributed by atoms with van der Waals surface area (Å²) in [6.07, 6.45) is -1.32. The van der Waals surface area contributed by atoms with Gasteiger partial charge in [-0.2, -0.15) is 13.2 Å². The van der Waals surface area contributed by atoms with E-state index in [1.807, 2.05) is 24.3 Å². The van der Waals surface area contributed by atoms with Crippen LogP contribution in [0.4, 0.5) is 19.0 Å². The van der Waals surface area contributed by atoms with Crippen LogP contribution in [-0.4, -0.2) is 40.1 Å². The molecule has 160 valence electrons. The smallest absolute Gasteiger partial charge is 0.364 e. The zero-order chi connectivity index (χ0) is 22.0. The molecular weight excluding hydrogens is 405 g/mol. The van der Waals surface area contributed by atoms with Gasteiger partial charge in [-0.15, -0.1) is 10.2 Å². The molecule has 1 atom stereocenters. The van der Waals surface area contributed by atoms with E-state index in [4.69, 9.17) is 0 Å². The standard InChI is InChI=1S/C23H21F3N4O/c1-2-20(31)30-13-5-6-17(14-30)27-22-19-8-4-3-7-18(19)21(28-29-22)15-9-11-16(12-10-15)23(24,25)26/h2-4,7-12,17H,1,5-6,13-14H2,(H,27,29)/t17-/m0/s1. The first-order valence-electron chi connectivity index (χ1n) is 9.98. The predicted octanol–water partition coefficient (Wildman–Crippen LogP) is 4.90. The van der Waals surface area contributed by atoms with Gasteiger partial charge in [0.15, 0.2) is 5.82 Å². The first-order valence-corrected chi connectivity index (χ1v) is 9.98. The van der Waals surface area contributed by atoms with Gasteiger partial charge in [0.1, 0.15) is 5.69 Å². The van der Waals surface area contributed by atoms with Gasteiger partial charge in [-0.25, -0.2) is 0 Å². The number of alkyl halides is 3. The quantitative estimate of drug-likeness (QED) is 0.603. The summed E-state index contributed by atoms with van der Waals surface area (Å²) in [6, 6.07) is 12.4. The maximum Gasteiger partial charge on any atom is 0.416 e. The minimum Gasteiger partial charge on any atom is -0.364 e. The van der Waals surface area contributed by atoms with Gasteiger partial charge >= 0.3 is 6.18 Å². The van der Waals surface area contributed by atoms with Gasteiger partial charge in [0.2, 0.25) is 5.91 Å². The molecule has 2 heterocycles. The van der Waals surface area contributed by atoms with Crippen molar-refractivity contribution < 1.29 is 18.0 Å². The molecule has 0 saturated carbocycles. The van der Waals surface area contributed by atoms with Crippen LogP contribution in [0.15, 0.2) is 61.2 Å². The number of rotatable bonds is 4. The third-order valence-electron chi connectivity index (χ3n) is 5.42. The first-order chi connectivity index (χ1) is 14.9. The van der Waals surface area contributed by atoms with Crippen molar-refractivity contribution in [1.82, 2.24) is 15.1 Å². The van der Waals surface area contributed by atoms with Crippen LogP contribution in [0.1, 0.15) is 18.4 Å². The van der Waals surface area contributed by atoms with Gasteiger partial charge in [0.25, 0.3) is 0 Å². The van der Waals surface area contributed by atoms with Gasteiger partial charge in [0.05, 0.1) is 5.56 Å². The lowest BCUT2D eigenvalue weighted by Crippen LogP contribution is -2.44. The monoisotopic (exact) mass is 426 g/mol. The molecule has 8 heteroatoms. The Morgan fingerprint density at radius 2 is 1.81 bits per heavy atom. The highest BCUT2D eigenvalue weighted by Crippen LogP contribution is 2.33. The minimum atomic E-state index is -4.39. The van der Waals surface area contributed by atoms with E-state index in [2.05, 4.69) is 22.1 Å². The van der Waals surface area contributed by atoms with Crippen molar-refractivity contribution in [2.75, 3.05) is 18.4 Å². The molecule has 31 heavy (non-hydrogen) atoms. The molecule has 2 aromatic carbocycles. The molecule has 1 aliphatic heterocycles. The fourth-order valence-electron chi connectivity index (χ4n) is 3.86. The van der Waals surface area contributed by atoms with E-state index in [9.17, 15) is 18.0 Å². The van der Waals surface area contributed by atoms with Crippen molar-refractivity contribution in [1.29, 1.82) is 0 Å². The van der Waals surface area contributed by atoms with Crippen molar-refractivity contribution in [3.63, 3.8) is 0 Å². The van der Waals surface area contributed by atoms with Gasteiger partial charge in [-0.1, -0.05) is 43.0 Å². The van der Waals surface area contributed by atoms with E-state index < -0.39 is 11.7 Å². The second kappa shape index (κ2) is 8.37. The van der Waals surface area contributed by atoms with Crippen molar-refractivity contribution in [3.05, 3.63) is 66.7 Å². The van der Waals surface area contributed by atoms with Gasteiger partial charge < -0.3 is 10.2 Å².